The quantitative estimate of drug-likeness (QED) is 0.912. The lowest BCUT2D eigenvalue weighted by Crippen LogP contribution is -2.40. The minimum atomic E-state index is -1.23. The Kier molecular flexibility index (Phi) is 3.74. The summed E-state index contributed by atoms with van der Waals surface area (Å²) < 4.78 is 5.44. The monoisotopic (exact) mass is 300 g/mol. The minimum Gasteiger partial charge on any atom is -0.444 e. The molecule has 5 heteroatoms. The van der Waals surface area contributed by atoms with Crippen LogP contribution in [-0.4, -0.2) is 21.6 Å². The molecule has 0 unspecified atom stereocenters. The Morgan fingerprint density at radius 2 is 2.05 bits per heavy atom. The number of aromatic nitrogens is 1. The minimum absolute atomic E-state index is 0.330. The van der Waals surface area contributed by atoms with E-state index in [1.54, 1.807) is 6.26 Å². The van der Waals surface area contributed by atoms with Crippen molar-refractivity contribution in [2.24, 2.45) is 0 Å². The highest BCUT2D eigenvalue weighted by Crippen LogP contribution is 2.31. The van der Waals surface area contributed by atoms with Crippen molar-refractivity contribution >= 4 is 11.6 Å². The standard InChI is InChI=1S/C17H20N2O3/c1-11-5-6-13(9-14(11)15-18-12(2)10-22-15)19-16(20)17(21)7-3-4-8-17/h5-6,9-10,21H,3-4,7-8H2,1-2H3,(H,19,20). The number of benzene rings is 1. The van der Waals surface area contributed by atoms with Crippen molar-refractivity contribution < 1.29 is 14.3 Å². The first-order chi connectivity index (χ1) is 10.5. The maximum Gasteiger partial charge on any atom is 0.256 e. The molecule has 22 heavy (non-hydrogen) atoms. The average molecular weight is 300 g/mol. The van der Waals surface area contributed by atoms with Crippen molar-refractivity contribution in [1.29, 1.82) is 0 Å². The summed E-state index contributed by atoms with van der Waals surface area (Å²) in [4.78, 5) is 16.6. The van der Waals surface area contributed by atoms with Crippen LogP contribution in [0.2, 0.25) is 0 Å². The second-order valence-electron chi connectivity index (χ2n) is 6.02. The van der Waals surface area contributed by atoms with Crippen LogP contribution in [0.3, 0.4) is 0 Å². The van der Waals surface area contributed by atoms with E-state index >= 15 is 0 Å². The third-order valence-electron chi connectivity index (χ3n) is 4.20. The van der Waals surface area contributed by atoms with Crippen LogP contribution in [0.4, 0.5) is 5.69 Å². The summed E-state index contributed by atoms with van der Waals surface area (Å²) in [5.41, 5.74) is 2.07. The highest BCUT2D eigenvalue weighted by molar-refractivity contribution is 5.97. The predicted molar refractivity (Wildman–Crippen MR) is 83.5 cm³/mol. The van der Waals surface area contributed by atoms with E-state index in [9.17, 15) is 9.90 Å². The number of amides is 1. The summed E-state index contributed by atoms with van der Waals surface area (Å²) in [6.45, 7) is 3.83. The molecule has 0 aliphatic heterocycles. The van der Waals surface area contributed by atoms with E-state index in [2.05, 4.69) is 10.3 Å². The number of carbonyl (C=O) groups is 1. The third kappa shape index (κ3) is 2.76. The van der Waals surface area contributed by atoms with Gasteiger partial charge in [-0.1, -0.05) is 6.07 Å². The normalized spacial score (nSPS) is 16.7. The zero-order valence-corrected chi connectivity index (χ0v) is 12.8. The van der Waals surface area contributed by atoms with Gasteiger partial charge in [0.15, 0.2) is 0 Å². The van der Waals surface area contributed by atoms with Crippen molar-refractivity contribution in [2.45, 2.75) is 45.1 Å². The fourth-order valence-electron chi connectivity index (χ4n) is 2.84. The zero-order chi connectivity index (χ0) is 15.7. The molecule has 1 aromatic carbocycles. The SMILES string of the molecule is Cc1coc(-c2cc(NC(=O)C3(O)CCCC3)ccc2C)n1. The summed E-state index contributed by atoms with van der Waals surface area (Å²) in [6, 6.07) is 5.56. The molecule has 2 N–H and O–H groups in total. The molecular weight excluding hydrogens is 280 g/mol. The number of aryl methyl sites for hydroxylation is 2. The van der Waals surface area contributed by atoms with Gasteiger partial charge < -0.3 is 14.8 Å². The van der Waals surface area contributed by atoms with E-state index in [0.29, 0.717) is 24.4 Å². The second-order valence-corrected chi connectivity index (χ2v) is 6.02. The number of nitrogens with zero attached hydrogens (tertiary/aromatic N) is 1. The topological polar surface area (TPSA) is 75.4 Å². The smallest absolute Gasteiger partial charge is 0.256 e. The number of oxazole rings is 1. The van der Waals surface area contributed by atoms with E-state index in [0.717, 1.165) is 29.7 Å². The fraction of sp³-hybridized carbons (Fsp3) is 0.412. The van der Waals surface area contributed by atoms with Gasteiger partial charge in [-0.15, -0.1) is 0 Å². The third-order valence-corrected chi connectivity index (χ3v) is 4.20. The fourth-order valence-corrected chi connectivity index (χ4v) is 2.84. The van der Waals surface area contributed by atoms with E-state index in [1.807, 2.05) is 32.0 Å². The van der Waals surface area contributed by atoms with E-state index in [-0.39, 0.29) is 5.91 Å². The van der Waals surface area contributed by atoms with Crippen molar-refractivity contribution in [3.63, 3.8) is 0 Å². The molecule has 1 aliphatic carbocycles. The van der Waals surface area contributed by atoms with Gasteiger partial charge in [0.2, 0.25) is 5.89 Å². The Labute approximate surface area is 129 Å². The molecule has 1 heterocycles. The van der Waals surface area contributed by atoms with Gasteiger partial charge in [-0.2, -0.15) is 0 Å². The van der Waals surface area contributed by atoms with Gasteiger partial charge in [0.05, 0.1) is 5.69 Å². The predicted octanol–water partition coefficient (Wildman–Crippen LogP) is 3.20. The van der Waals surface area contributed by atoms with Gasteiger partial charge >= 0.3 is 0 Å². The summed E-state index contributed by atoms with van der Waals surface area (Å²) in [5.74, 6) is 0.203. The highest BCUT2D eigenvalue weighted by atomic mass is 16.3. The Balaban J connectivity index is 1.85. The molecule has 3 rings (SSSR count). The summed E-state index contributed by atoms with van der Waals surface area (Å²) in [6.07, 6.45) is 4.42. The van der Waals surface area contributed by atoms with Crippen molar-refractivity contribution in [3.8, 4) is 11.5 Å². The summed E-state index contributed by atoms with van der Waals surface area (Å²) >= 11 is 0. The van der Waals surface area contributed by atoms with Crippen molar-refractivity contribution in [2.75, 3.05) is 5.32 Å². The van der Waals surface area contributed by atoms with Crippen LogP contribution in [0, 0.1) is 13.8 Å². The molecular formula is C17H20N2O3. The maximum absolute atomic E-state index is 12.3. The van der Waals surface area contributed by atoms with Crippen LogP contribution >= 0.6 is 0 Å². The van der Waals surface area contributed by atoms with Crippen LogP contribution < -0.4 is 5.32 Å². The van der Waals surface area contributed by atoms with Crippen molar-refractivity contribution in [1.82, 2.24) is 4.98 Å². The molecule has 1 aromatic heterocycles. The number of rotatable bonds is 3. The van der Waals surface area contributed by atoms with Gasteiger partial charge in [-0.3, -0.25) is 4.79 Å². The largest absolute Gasteiger partial charge is 0.444 e. The summed E-state index contributed by atoms with van der Waals surface area (Å²) in [7, 11) is 0. The first-order valence-electron chi connectivity index (χ1n) is 7.55. The van der Waals surface area contributed by atoms with Gasteiger partial charge in [0.1, 0.15) is 11.9 Å². The first-order valence-corrected chi connectivity index (χ1v) is 7.55. The first kappa shape index (κ1) is 14.8. The average Bonchev–Trinajstić information content (AvgIpc) is 3.11. The van der Waals surface area contributed by atoms with Crippen LogP contribution in [0.15, 0.2) is 28.9 Å². The maximum atomic E-state index is 12.3. The molecule has 2 aromatic rings. The Morgan fingerprint density at radius 3 is 2.68 bits per heavy atom. The molecule has 0 atom stereocenters. The van der Waals surface area contributed by atoms with Gasteiger partial charge in [-0.25, -0.2) is 4.98 Å². The molecule has 0 spiro atoms. The number of hydrogen-bond acceptors (Lipinski definition) is 4. The van der Waals surface area contributed by atoms with E-state index < -0.39 is 5.60 Å². The van der Waals surface area contributed by atoms with Crippen LogP contribution in [0.25, 0.3) is 11.5 Å². The molecule has 1 aliphatic rings. The lowest BCUT2D eigenvalue weighted by molar-refractivity contribution is -0.133. The molecule has 5 nitrogen and oxygen atoms in total. The second kappa shape index (κ2) is 5.57. The number of anilines is 1. The summed E-state index contributed by atoms with van der Waals surface area (Å²) in [5, 5.41) is 13.1. The van der Waals surface area contributed by atoms with Gasteiger partial charge in [0.25, 0.3) is 5.91 Å². The molecule has 1 amide bonds. The van der Waals surface area contributed by atoms with Gasteiger partial charge in [0, 0.05) is 11.3 Å². The number of carbonyl (C=O) groups excluding carboxylic acids is 1. The molecule has 1 saturated carbocycles. The molecule has 0 saturated heterocycles. The molecule has 0 bridgehead atoms. The van der Waals surface area contributed by atoms with Crippen LogP contribution in [0.1, 0.15) is 36.9 Å². The number of hydrogen-bond donors (Lipinski definition) is 2. The lowest BCUT2D eigenvalue weighted by Gasteiger charge is -2.21. The number of nitrogens with one attached hydrogen (secondary N) is 1. The van der Waals surface area contributed by atoms with Crippen LogP contribution in [0.5, 0.6) is 0 Å². The number of aliphatic hydroxyl groups is 1. The highest BCUT2D eigenvalue weighted by Gasteiger charge is 2.38. The Bertz CT molecular complexity index is 700. The lowest BCUT2D eigenvalue weighted by atomic mass is 10.0. The van der Waals surface area contributed by atoms with E-state index in [1.165, 1.54) is 0 Å². The van der Waals surface area contributed by atoms with E-state index in [4.69, 9.17) is 4.42 Å². The molecule has 0 radical (unpaired) electrons. The van der Waals surface area contributed by atoms with Crippen LogP contribution in [-0.2, 0) is 4.79 Å². The Hall–Kier alpha value is -2.14. The zero-order valence-electron chi connectivity index (χ0n) is 12.8. The Morgan fingerprint density at radius 1 is 1.32 bits per heavy atom. The molecule has 116 valence electrons. The molecule has 1 fully saturated rings. The van der Waals surface area contributed by atoms with Gasteiger partial charge in [-0.05, 0) is 57.2 Å². The van der Waals surface area contributed by atoms with Crippen molar-refractivity contribution in [3.05, 3.63) is 35.7 Å².